The summed E-state index contributed by atoms with van der Waals surface area (Å²) in [7, 11) is 0. The number of hydrogen-bond acceptors (Lipinski definition) is 3. The van der Waals surface area contributed by atoms with Gasteiger partial charge in [0.05, 0.1) is 5.56 Å². The Hall–Kier alpha value is -3.36. The lowest BCUT2D eigenvalue weighted by molar-refractivity contribution is 0.102. The molecule has 0 saturated carbocycles. The summed E-state index contributed by atoms with van der Waals surface area (Å²) in [6.07, 6.45) is -0.552. The van der Waals surface area contributed by atoms with Gasteiger partial charge in [-0.1, -0.05) is 6.07 Å². The summed E-state index contributed by atoms with van der Waals surface area (Å²) >= 11 is 0. The topological polar surface area (TPSA) is 82.5 Å². The minimum absolute atomic E-state index is 0.00458. The zero-order chi connectivity index (χ0) is 20.3. The molecule has 0 atom stereocenters. The molecule has 0 unspecified atom stereocenters. The van der Waals surface area contributed by atoms with Crippen LogP contribution in [0.2, 0.25) is 0 Å². The number of piperidine rings is 1. The van der Waals surface area contributed by atoms with Gasteiger partial charge < -0.3 is 15.3 Å². The van der Waals surface area contributed by atoms with Crippen LogP contribution in [-0.2, 0) is 0 Å². The van der Waals surface area contributed by atoms with Crippen LogP contribution < -0.4 is 5.32 Å². The van der Waals surface area contributed by atoms with Gasteiger partial charge in [-0.2, -0.15) is 0 Å². The number of anilines is 1. The SMILES string of the molecule is O=C(Nc1cccc(C(F)=C2CCN(C(=O)O)CC2)n1)c1ccc(F)cc1F. The van der Waals surface area contributed by atoms with Crippen molar-refractivity contribution in [1.82, 2.24) is 9.88 Å². The van der Waals surface area contributed by atoms with Gasteiger partial charge in [0.1, 0.15) is 29.0 Å². The summed E-state index contributed by atoms with van der Waals surface area (Å²) in [5, 5.41) is 11.3. The number of rotatable bonds is 3. The van der Waals surface area contributed by atoms with E-state index in [-0.39, 0.29) is 43.0 Å². The molecule has 0 radical (unpaired) electrons. The van der Waals surface area contributed by atoms with Crippen molar-refractivity contribution in [1.29, 1.82) is 0 Å². The van der Waals surface area contributed by atoms with E-state index in [1.54, 1.807) is 0 Å². The molecular weight excluding hydrogens is 375 g/mol. The Kier molecular flexibility index (Phi) is 5.62. The Morgan fingerprint density at radius 1 is 1.11 bits per heavy atom. The number of nitrogens with one attached hydrogen (secondary N) is 1. The predicted molar refractivity (Wildman–Crippen MR) is 95.4 cm³/mol. The molecule has 9 heteroatoms. The summed E-state index contributed by atoms with van der Waals surface area (Å²) < 4.78 is 41.4. The van der Waals surface area contributed by atoms with Crippen LogP contribution in [0.3, 0.4) is 0 Å². The van der Waals surface area contributed by atoms with E-state index in [2.05, 4.69) is 10.3 Å². The van der Waals surface area contributed by atoms with Crippen molar-refractivity contribution in [3.05, 3.63) is 64.9 Å². The molecule has 6 nitrogen and oxygen atoms in total. The van der Waals surface area contributed by atoms with Gasteiger partial charge in [-0.15, -0.1) is 0 Å². The van der Waals surface area contributed by atoms with Crippen LogP contribution in [0.5, 0.6) is 0 Å². The van der Waals surface area contributed by atoms with Gasteiger partial charge in [0.15, 0.2) is 0 Å². The summed E-state index contributed by atoms with van der Waals surface area (Å²) in [5.74, 6) is -3.24. The number of halogens is 3. The Morgan fingerprint density at radius 2 is 1.82 bits per heavy atom. The molecule has 1 aliphatic heterocycles. The van der Waals surface area contributed by atoms with Crippen LogP contribution >= 0.6 is 0 Å². The van der Waals surface area contributed by atoms with Gasteiger partial charge in [-0.05, 0) is 42.7 Å². The molecule has 3 rings (SSSR count). The van der Waals surface area contributed by atoms with Crippen LogP contribution in [0.25, 0.3) is 5.83 Å². The maximum Gasteiger partial charge on any atom is 0.407 e. The van der Waals surface area contributed by atoms with Crippen molar-refractivity contribution in [3.8, 4) is 0 Å². The molecule has 146 valence electrons. The molecule has 1 aliphatic rings. The van der Waals surface area contributed by atoms with E-state index in [1.807, 2.05) is 0 Å². The molecule has 2 aromatic rings. The summed E-state index contributed by atoms with van der Waals surface area (Å²) in [5.41, 5.74) is 0.0580. The largest absolute Gasteiger partial charge is 0.465 e. The predicted octanol–water partition coefficient (Wildman–Crippen LogP) is 4.07. The van der Waals surface area contributed by atoms with Crippen molar-refractivity contribution in [3.63, 3.8) is 0 Å². The third kappa shape index (κ3) is 4.30. The highest BCUT2D eigenvalue weighted by molar-refractivity contribution is 6.04. The lowest BCUT2D eigenvalue weighted by Gasteiger charge is -2.26. The van der Waals surface area contributed by atoms with Crippen molar-refractivity contribution in [2.75, 3.05) is 18.4 Å². The number of carboxylic acid groups (broad SMARTS) is 1. The van der Waals surface area contributed by atoms with Gasteiger partial charge in [-0.3, -0.25) is 4.79 Å². The van der Waals surface area contributed by atoms with Gasteiger partial charge in [0, 0.05) is 19.2 Å². The summed E-state index contributed by atoms with van der Waals surface area (Å²) in [6, 6.07) is 6.85. The van der Waals surface area contributed by atoms with Gasteiger partial charge in [0.2, 0.25) is 0 Å². The normalized spacial score (nSPS) is 14.0. The maximum absolute atomic E-state index is 14.7. The number of carbonyl (C=O) groups excluding carboxylic acids is 1. The van der Waals surface area contributed by atoms with Gasteiger partial charge in [-0.25, -0.2) is 22.9 Å². The number of hydrogen-bond donors (Lipinski definition) is 2. The second-order valence-electron chi connectivity index (χ2n) is 6.17. The Morgan fingerprint density at radius 3 is 2.46 bits per heavy atom. The van der Waals surface area contributed by atoms with Gasteiger partial charge in [0.25, 0.3) is 5.91 Å². The zero-order valence-corrected chi connectivity index (χ0v) is 14.6. The molecule has 1 fully saturated rings. The molecule has 2 N–H and O–H groups in total. The molecule has 0 aliphatic carbocycles. The van der Waals surface area contributed by atoms with Crippen molar-refractivity contribution in [2.45, 2.75) is 12.8 Å². The van der Waals surface area contributed by atoms with Crippen LogP contribution in [0.15, 0.2) is 42.0 Å². The zero-order valence-electron chi connectivity index (χ0n) is 14.6. The third-order valence-corrected chi connectivity index (χ3v) is 4.34. The standard InChI is InChI=1S/C19H16F3N3O3/c20-12-4-5-13(14(21)10-12)18(26)24-16-3-1-2-15(23-16)17(22)11-6-8-25(9-7-11)19(27)28/h1-5,10H,6-9H2,(H,27,28)(H,23,24,26). The van der Waals surface area contributed by atoms with Crippen molar-refractivity contribution in [2.24, 2.45) is 0 Å². The molecule has 28 heavy (non-hydrogen) atoms. The van der Waals surface area contributed by atoms with E-state index in [9.17, 15) is 22.8 Å². The van der Waals surface area contributed by atoms with E-state index in [0.717, 1.165) is 12.1 Å². The molecule has 1 aromatic carbocycles. The van der Waals surface area contributed by atoms with Crippen molar-refractivity contribution < 1.29 is 27.9 Å². The van der Waals surface area contributed by atoms with E-state index in [0.29, 0.717) is 11.6 Å². The first-order valence-corrected chi connectivity index (χ1v) is 8.44. The second kappa shape index (κ2) is 8.12. The van der Waals surface area contributed by atoms with Crippen LogP contribution in [0.1, 0.15) is 28.9 Å². The molecular formula is C19H16F3N3O3. The number of amides is 2. The number of carbonyl (C=O) groups is 2. The Balaban J connectivity index is 1.76. The maximum atomic E-state index is 14.7. The van der Waals surface area contributed by atoms with Gasteiger partial charge >= 0.3 is 6.09 Å². The first-order valence-electron chi connectivity index (χ1n) is 8.44. The Bertz CT molecular complexity index is 952. The third-order valence-electron chi connectivity index (χ3n) is 4.34. The lowest BCUT2D eigenvalue weighted by Crippen LogP contribution is -2.35. The number of likely N-dealkylation sites (tertiary alicyclic amines) is 1. The molecule has 2 amide bonds. The van der Waals surface area contributed by atoms with Crippen LogP contribution in [0.4, 0.5) is 23.8 Å². The fourth-order valence-electron chi connectivity index (χ4n) is 2.85. The monoisotopic (exact) mass is 391 g/mol. The molecule has 0 spiro atoms. The molecule has 1 aromatic heterocycles. The minimum atomic E-state index is -1.05. The summed E-state index contributed by atoms with van der Waals surface area (Å²) in [4.78, 5) is 28.3. The molecule has 2 heterocycles. The summed E-state index contributed by atoms with van der Waals surface area (Å²) in [6.45, 7) is 0.386. The van der Waals surface area contributed by atoms with E-state index in [1.165, 1.54) is 23.1 Å². The highest BCUT2D eigenvalue weighted by atomic mass is 19.1. The number of benzene rings is 1. The Labute approximate surface area is 158 Å². The van der Waals surface area contributed by atoms with E-state index in [4.69, 9.17) is 5.11 Å². The number of nitrogens with zero attached hydrogens (tertiary/aromatic N) is 2. The van der Waals surface area contributed by atoms with Crippen LogP contribution in [0, 0.1) is 11.6 Å². The fraction of sp³-hybridized carbons (Fsp3) is 0.211. The average molecular weight is 391 g/mol. The number of aromatic nitrogens is 1. The lowest BCUT2D eigenvalue weighted by atomic mass is 10.0. The first-order chi connectivity index (χ1) is 13.3. The second-order valence-corrected chi connectivity index (χ2v) is 6.17. The molecule has 0 bridgehead atoms. The minimum Gasteiger partial charge on any atom is -0.465 e. The van der Waals surface area contributed by atoms with E-state index < -0.39 is 29.5 Å². The van der Waals surface area contributed by atoms with Crippen LogP contribution in [-0.4, -0.2) is 40.1 Å². The fourth-order valence-corrected chi connectivity index (χ4v) is 2.85. The average Bonchev–Trinajstić information content (AvgIpc) is 2.67. The first kappa shape index (κ1) is 19.4. The smallest absolute Gasteiger partial charge is 0.407 e. The quantitative estimate of drug-likeness (QED) is 0.827. The van der Waals surface area contributed by atoms with E-state index >= 15 is 0 Å². The highest BCUT2D eigenvalue weighted by Crippen LogP contribution is 2.27. The molecule has 1 saturated heterocycles. The van der Waals surface area contributed by atoms with Crippen molar-refractivity contribution >= 4 is 23.6 Å². The number of pyridine rings is 1. The highest BCUT2D eigenvalue weighted by Gasteiger charge is 2.22.